The van der Waals surface area contributed by atoms with Crippen LogP contribution < -0.4 is 9.47 Å². The Labute approximate surface area is 182 Å². The number of fused-ring (bicyclic) bond motifs is 1. The van der Waals surface area contributed by atoms with E-state index in [1.54, 1.807) is 0 Å². The topological polar surface area (TPSA) is 50.4 Å². The minimum Gasteiger partial charge on any atom is -0.492 e. The van der Waals surface area contributed by atoms with Gasteiger partial charge in [0.1, 0.15) is 18.1 Å². The fourth-order valence-corrected chi connectivity index (χ4v) is 4.20. The predicted molar refractivity (Wildman–Crippen MR) is 123 cm³/mol. The van der Waals surface area contributed by atoms with Crippen molar-refractivity contribution >= 4 is 11.0 Å². The smallest absolute Gasteiger partial charge is 0.300 e. The van der Waals surface area contributed by atoms with E-state index in [9.17, 15) is 0 Å². The zero-order chi connectivity index (χ0) is 20.9. The first-order valence-electron chi connectivity index (χ1n) is 11.0. The summed E-state index contributed by atoms with van der Waals surface area (Å²) in [6.07, 6.45) is 2.44. The molecular weight excluding hydrogens is 386 g/mol. The molecule has 0 radical (unpaired) electrons. The van der Waals surface area contributed by atoms with Gasteiger partial charge in [0.15, 0.2) is 0 Å². The number of ether oxygens (including phenoxy) is 2. The van der Waals surface area contributed by atoms with Gasteiger partial charge >= 0.3 is 0 Å². The second-order valence-electron chi connectivity index (χ2n) is 8.01. The molecule has 0 amide bonds. The second kappa shape index (κ2) is 9.23. The van der Waals surface area contributed by atoms with E-state index in [0.29, 0.717) is 18.5 Å². The van der Waals surface area contributed by atoms with Crippen molar-refractivity contribution in [2.75, 3.05) is 26.2 Å². The third-order valence-electron chi connectivity index (χ3n) is 5.94. The van der Waals surface area contributed by atoms with Crippen LogP contribution in [0.15, 0.2) is 78.9 Å². The van der Waals surface area contributed by atoms with Crippen LogP contribution >= 0.6 is 0 Å². The van der Waals surface area contributed by atoms with Crippen molar-refractivity contribution in [3.8, 4) is 17.5 Å². The molecule has 0 saturated carbocycles. The van der Waals surface area contributed by atoms with E-state index < -0.39 is 0 Å². The van der Waals surface area contributed by atoms with Gasteiger partial charge in [0.2, 0.25) is 0 Å². The number of nitrogens with one attached hydrogen (secondary N) is 1. The quantitative estimate of drug-likeness (QED) is 0.428. The number of benzene rings is 3. The lowest BCUT2D eigenvalue weighted by Gasteiger charge is -2.32. The van der Waals surface area contributed by atoms with Crippen LogP contribution in [0.2, 0.25) is 0 Å². The molecule has 3 aromatic carbocycles. The standard InChI is InChI=1S/C26H27N3O2/c1-2-6-20(7-3-1)21-14-16-29(17-15-21)18-19-30-22-10-12-23(13-11-22)31-26-27-24-8-4-5-9-25(24)28-26/h1-13,21H,14-19H2,(H,27,28). The maximum Gasteiger partial charge on any atom is 0.300 e. The summed E-state index contributed by atoms with van der Waals surface area (Å²) < 4.78 is 11.8. The van der Waals surface area contributed by atoms with Crippen molar-refractivity contribution in [1.82, 2.24) is 14.9 Å². The molecule has 1 N–H and O–H groups in total. The van der Waals surface area contributed by atoms with Crippen LogP contribution in [0, 0.1) is 0 Å². The molecule has 1 aliphatic heterocycles. The van der Waals surface area contributed by atoms with E-state index >= 15 is 0 Å². The summed E-state index contributed by atoms with van der Waals surface area (Å²) in [5.74, 6) is 2.28. The van der Waals surface area contributed by atoms with Crippen LogP contribution in [0.4, 0.5) is 0 Å². The average Bonchev–Trinajstić information content (AvgIpc) is 3.24. The van der Waals surface area contributed by atoms with Gasteiger partial charge in [0, 0.05) is 6.54 Å². The fourth-order valence-electron chi connectivity index (χ4n) is 4.20. The first-order chi connectivity index (χ1) is 15.3. The Hall–Kier alpha value is -3.31. The SMILES string of the molecule is c1ccc(C2CCN(CCOc3ccc(Oc4nc5ccccc5[nH]4)cc3)CC2)cc1. The lowest BCUT2D eigenvalue weighted by molar-refractivity contribution is 0.173. The Morgan fingerprint density at radius 1 is 0.839 bits per heavy atom. The van der Waals surface area contributed by atoms with Gasteiger partial charge in [-0.25, -0.2) is 0 Å². The van der Waals surface area contributed by atoms with E-state index in [0.717, 1.165) is 42.2 Å². The highest BCUT2D eigenvalue weighted by atomic mass is 16.5. The molecule has 5 heteroatoms. The van der Waals surface area contributed by atoms with E-state index in [1.807, 2.05) is 48.5 Å². The summed E-state index contributed by atoms with van der Waals surface area (Å²) in [7, 11) is 0. The fraction of sp³-hybridized carbons (Fsp3) is 0.269. The second-order valence-corrected chi connectivity index (χ2v) is 8.01. The number of nitrogens with zero attached hydrogens (tertiary/aromatic N) is 2. The number of aromatic nitrogens is 2. The molecule has 0 spiro atoms. The number of hydrogen-bond donors (Lipinski definition) is 1. The molecule has 0 aliphatic carbocycles. The molecule has 0 atom stereocenters. The zero-order valence-electron chi connectivity index (χ0n) is 17.5. The molecule has 1 fully saturated rings. The van der Waals surface area contributed by atoms with Gasteiger partial charge in [0.05, 0.1) is 11.0 Å². The molecule has 1 saturated heterocycles. The third kappa shape index (κ3) is 4.89. The van der Waals surface area contributed by atoms with E-state index in [-0.39, 0.29) is 0 Å². The van der Waals surface area contributed by atoms with Gasteiger partial charge in [-0.05, 0) is 73.8 Å². The van der Waals surface area contributed by atoms with Gasteiger partial charge in [-0.2, -0.15) is 4.98 Å². The Bertz CT molecular complexity index is 1070. The minimum absolute atomic E-state index is 0.494. The Kier molecular flexibility index (Phi) is 5.85. The molecule has 0 bridgehead atoms. The number of H-pyrrole nitrogens is 1. The van der Waals surface area contributed by atoms with Crippen LogP contribution in [-0.4, -0.2) is 41.1 Å². The number of imidazole rings is 1. The van der Waals surface area contributed by atoms with Crippen LogP contribution in [-0.2, 0) is 0 Å². The summed E-state index contributed by atoms with van der Waals surface area (Å²) >= 11 is 0. The van der Waals surface area contributed by atoms with Gasteiger partial charge in [-0.1, -0.05) is 42.5 Å². The van der Waals surface area contributed by atoms with Crippen LogP contribution in [0.3, 0.4) is 0 Å². The molecule has 4 aromatic rings. The lowest BCUT2D eigenvalue weighted by Crippen LogP contribution is -2.35. The highest BCUT2D eigenvalue weighted by molar-refractivity contribution is 5.75. The summed E-state index contributed by atoms with van der Waals surface area (Å²) in [5.41, 5.74) is 3.33. The van der Waals surface area contributed by atoms with Crippen LogP contribution in [0.25, 0.3) is 11.0 Å². The maximum atomic E-state index is 5.95. The van der Waals surface area contributed by atoms with Crippen LogP contribution in [0.1, 0.15) is 24.3 Å². The molecule has 1 aromatic heterocycles. The summed E-state index contributed by atoms with van der Waals surface area (Å²) in [4.78, 5) is 10.1. The molecule has 5 rings (SSSR count). The lowest BCUT2D eigenvalue weighted by atomic mass is 9.89. The van der Waals surface area contributed by atoms with Gasteiger partial charge in [-0.15, -0.1) is 0 Å². The first kappa shape index (κ1) is 19.6. The van der Waals surface area contributed by atoms with Gasteiger partial charge < -0.3 is 14.5 Å². The predicted octanol–water partition coefficient (Wildman–Crippen LogP) is 5.61. The highest BCUT2D eigenvalue weighted by Gasteiger charge is 2.20. The first-order valence-corrected chi connectivity index (χ1v) is 11.0. The van der Waals surface area contributed by atoms with E-state index in [1.165, 1.54) is 18.4 Å². The Morgan fingerprint density at radius 3 is 2.32 bits per heavy atom. The van der Waals surface area contributed by atoms with Crippen molar-refractivity contribution in [3.63, 3.8) is 0 Å². The molecule has 2 heterocycles. The maximum absolute atomic E-state index is 5.95. The number of piperidine rings is 1. The number of rotatable bonds is 7. The van der Waals surface area contributed by atoms with Crippen molar-refractivity contribution in [1.29, 1.82) is 0 Å². The number of likely N-dealkylation sites (tertiary alicyclic amines) is 1. The largest absolute Gasteiger partial charge is 0.492 e. The summed E-state index contributed by atoms with van der Waals surface area (Å²) in [6.45, 7) is 3.92. The number of aromatic amines is 1. The van der Waals surface area contributed by atoms with Crippen molar-refractivity contribution < 1.29 is 9.47 Å². The van der Waals surface area contributed by atoms with Crippen molar-refractivity contribution in [2.45, 2.75) is 18.8 Å². The molecule has 158 valence electrons. The Balaban J connectivity index is 1.07. The number of hydrogen-bond acceptors (Lipinski definition) is 4. The zero-order valence-corrected chi connectivity index (χ0v) is 17.5. The minimum atomic E-state index is 0.494. The normalized spacial score (nSPS) is 15.2. The highest BCUT2D eigenvalue weighted by Crippen LogP contribution is 2.28. The number of para-hydroxylation sites is 2. The monoisotopic (exact) mass is 413 g/mol. The van der Waals surface area contributed by atoms with Gasteiger partial charge in [-0.3, -0.25) is 4.90 Å². The summed E-state index contributed by atoms with van der Waals surface area (Å²) in [5, 5.41) is 0. The molecule has 0 unspecified atom stereocenters. The summed E-state index contributed by atoms with van der Waals surface area (Å²) in [6, 6.07) is 27.0. The van der Waals surface area contributed by atoms with Crippen molar-refractivity contribution in [3.05, 3.63) is 84.4 Å². The van der Waals surface area contributed by atoms with Gasteiger partial charge in [0.25, 0.3) is 6.01 Å². The third-order valence-corrected chi connectivity index (χ3v) is 5.94. The van der Waals surface area contributed by atoms with Crippen LogP contribution in [0.5, 0.6) is 17.5 Å². The molecular formula is C26H27N3O2. The average molecular weight is 414 g/mol. The van der Waals surface area contributed by atoms with Crippen molar-refractivity contribution in [2.24, 2.45) is 0 Å². The Morgan fingerprint density at radius 2 is 1.55 bits per heavy atom. The molecule has 31 heavy (non-hydrogen) atoms. The van der Waals surface area contributed by atoms with E-state index in [2.05, 4.69) is 45.2 Å². The molecule has 1 aliphatic rings. The van der Waals surface area contributed by atoms with E-state index in [4.69, 9.17) is 9.47 Å². The molecule has 5 nitrogen and oxygen atoms in total.